The number of hydrogen-bond donors (Lipinski definition) is 0. The Bertz CT molecular complexity index is 709. The Hall–Kier alpha value is -2.08. The van der Waals surface area contributed by atoms with Crippen molar-refractivity contribution in [3.05, 3.63) is 40.7 Å². The third-order valence-electron chi connectivity index (χ3n) is 4.45. The fourth-order valence-electron chi connectivity index (χ4n) is 2.99. The molecule has 0 aliphatic carbocycles. The van der Waals surface area contributed by atoms with Crippen LogP contribution < -0.4 is 0 Å². The van der Waals surface area contributed by atoms with Crippen LogP contribution in [0.25, 0.3) is 0 Å². The maximum Gasteiger partial charge on any atom is 0.257 e. The molecule has 0 bridgehead atoms. The van der Waals surface area contributed by atoms with Gasteiger partial charge < -0.3 is 13.8 Å². The number of rotatable bonds is 4. The molecule has 6 heteroatoms. The smallest absolute Gasteiger partial charge is 0.257 e. The van der Waals surface area contributed by atoms with Gasteiger partial charge in [0.15, 0.2) is 5.76 Å². The Morgan fingerprint density at radius 2 is 1.92 bits per heavy atom. The monoisotopic (exact) mass is 331 g/mol. The van der Waals surface area contributed by atoms with Gasteiger partial charge in [-0.1, -0.05) is 19.0 Å². The molecule has 0 aromatic carbocycles. The van der Waals surface area contributed by atoms with Gasteiger partial charge in [0, 0.05) is 38.2 Å². The Labute approximate surface area is 142 Å². The summed E-state index contributed by atoms with van der Waals surface area (Å²) in [6.07, 6.45) is 0. The van der Waals surface area contributed by atoms with Gasteiger partial charge in [0.25, 0.3) is 5.91 Å². The summed E-state index contributed by atoms with van der Waals surface area (Å²) in [7, 11) is 0. The zero-order valence-corrected chi connectivity index (χ0v) is 14.8. The molecule has 1 aliphatic rings. The van der Waals surface area contributed by atoms with Crippen LogP contribution in [0, 0.1) is 13.8 Å². The third-order valence-corrected chi connectivity index (χ3v) is 4.45. The number of nitrogens with zero attached hydrogens (tertiary/aromatic N) is 3. The van der Waals surface area contributed by atoms with Crippen molar-refractivity contribution in [3.63, 3.8) is 0 Å². The van der Waals surface area contributed by atoms with Crippen LogP contribution in [0.2, 0.25) is 0 Å². The Morgan fingerprint density at radius 1 is 1.21 bits per heavy atom. The quantitative estimate of drug-likeness (QED) is 0.862. The lowest BCUT2D eigenvalue weighted by atomic mass is 10.1. The van der Waals surface area contributed by atoms with Crippen LogP contribution in [0.1, 0.15) is 53.1 Å². The van der Waals surface area contributed by atoms with Gasteiger partial charge in [-0.3, -0.25) is 9.69 Å². The number of furan rings is 1. The van der Waals surface area contributed by atoms with E-state index in [1.807, 2.05) is 30.9 Å². The first-order valence-corrected chi connectivity index (χ1v) is 8.48. The maximum absolute atomic E-state index is 12.7. The van der Waals surface area contributed by atoms with Crippen LogP contribution in [-0.2, 0) is 6.54 Å². The van der Waals surface area contributed by atoms with Crippen molar-refractivity contribution in [2.75, 3.05) is 26.2 Å². The molecule has 6 nitrogen and oxygen atoms in total. The zero-order chi connectivity index (χ0) is 17.3. The first-order chi connectivity index (χ1) is 11.4. The van der Waals surface area contributed by atoms with Crippen molar-refractivity contribution in [1.82, 2.24) is 15.0 Å². The first kappa shape index (κ1) is 16.8. The maximum atomic E-state index is 12.7. The Morgan fingerprint density at radius 3 is 2.46 bits per heavy atom. The molecular formula is C18H25N3O3. The molecule has 3 rings (SSSR count). The number of carbonyl (C=O) groups is 1. The number of piperazine rings is 1. The highest BCUT2D eigenvalue weighted by molar-refractivity contribution is 5.95. The average Bonchev–Trinajstić information content (AvgIpc) is 3.13. The van der Waals surface area contributed by atoms with Crippen LogP contribution >= 0.6 is 0 Å². The largest absolute Gasteiger partial charge is 0.465 e. The summed E-state index contributed by atoms with van der Waals surface area (Å²) < 4.78 is 11.0. The minimum absolute atomic E-state index is 0.0679. The standard InChI is InChI=1S/C18H25N3O3/c1-12(2)17-10-16(14(4)23-17)18(22)21-7-5-20(6-8-21)11-15-9-13(3)19-24-15/h9-10,12H,5-8,11H2,1-4H3. The molecule has 130 valence electrons. The zero-order valence-electron chi connectivity index (χ0n) is 14.8. The molecule has 1 aliphatic heterocycles. The van der Waals surface area contributed by atoms with Crippen molar-refractivity contribution in [1.29, 1.82) is 0 Å². The highest BCUT2D eigenvalue weighted by Crippen LogP contribution is 2.23. The summed E-state index contributed by atoms with van der Waals surface area (Å²) in [5.41, 5.74) is 1.59. The predicted molar refractivity (Wildman–Crippen MR) is 90.0 cm³/mol. The Kier molecular flexibility index (Phi) is 4.76. The second-order valence-electron chi connectivity index (χ2n) is 6.78. The molecule has 24 heavy (non-hydrogen) atoms. The van der Waals surface area contributed by atoms with E-state index in [4.69, 9.17) is 8.94 Å². The van der Waals surface area contributed by atoms with E-state index in [-0.39, 0.29) is 11.8 Å². The number of aryl methyl sites for hydroxylation is 2. The molecule has 0 saturated carbocycles. The van der Waals surface area contributed by atoms with Crippen LogP contribution in [0.4, 0.5) is 0 Å². The molecule has 0 radical (unpaired) electrons. The number of hydrogen-bond acceptors (Lipinski definition) is 5. The number of amides is 1. The van der Waals surface area contributed by atoms with Crippen LogP contribution in [0.5, 0.6) is 0 Å². The summed E-state index contributed by atoms with van der Waals surface area (Å²) in [4.78, 5) is 16.9. The minimum Gasteiger partial charge on any atom is -0.465 e. The van der Waals surface area contributed by atoms with Crippen molar-refractivity contribution in [2.24, 2.45) is 0 Å². The molecule has 1 amide bonds. The molecule has 1 fully saturated rings. The van der Waals surface area contributed by atoms with Gasteiger partial charge in [-0.25, -0.2) is 0 Å². The summed E-state index contributed by atoms with van der Waals surface area (Å²) >= 11 is 0. The third kappa shape index (κ3) is 3.53. The molecule has 0 atom stereocenters. The molecule has 0 unspecified atom stereocenters. The lowest BCUT2D eigenvalue weighted by Crippen LogP contribution is -2.48. The van der Waals surface area contributed by atoms with E-state index < -0.39 is 0 Å². The SMILES string of the molecule is Cc1cc(CN2CCN(C(=O)c3cc(C(C)C)oc3C)CC2)on1. The van der Waals surface area contributed by atoms with Crippen molar-refractivity contribution in [2.45, 2.75) is 40.2 Å². The van der Waals surface area contributed by atoms with E-state index in [1.165, 1.54) is 0 Å². The van der Waals surface area contributed by atoms with E-state index >= 15 is 0 Å². The van der Waals surface area contributed by atoms with E-state index in [0.717, 1.165) is 36.8 Å². The molecular weight excluding hydrogens is 306 g/mol. The van der Waals surface area contributed by atoms with Gasteiger partial charge in [-0.05, 0) is 19.9 Å². The lowest BCUT2D eigenvalue weighted by molar-refractivity contribution is 0.0616. The molecule has 2 aromatic rings. The van der Waals surface area contributed by atoms with Crippen LogP contribution in [0.3, 0.4) is 0 Å². The number of carbonyl (C=O) groups excluding carboxylic acids is 1. The van der Waals surface area contributed by atoms with Crippen LogP contribution in [0.15, 0.2) is 21.1 Å². The highest BCUT2D eigenvalue weighted by Gasteiger charge is 2.26. The van der Waals surface area contributed by atoms with Gasteiger partial charge in [-0.2, -0.15) is 0 Å². The van der Waals surface area contributed by atoms with Gasteiger partial charge in [0.05, 0.1) is 17.8 Å². The van der Waals surface area contributed by atoms with Gasteiger partial charge in [0.1, 0.15) is 11.5 Å². The first-order valence-electron chi connectivity index (χ1n) is 8.48. The fraction of sp³-hybridized carbons (Fsp3) is 0.556. The second kappa shape index (κ2) is 6.81. The van der Waals surface area contributed by atoms with E-state index in [0.29, 0.717) is 24.4 Å². The lowest BCUT2D eigenvalue weighted by Gasteiger charge is -2.34. The van der Waals surface area contributed by atoms with Gasteiger partial charge >= 0.3 is 0 Å². The van der Waals surface area contributed by atoms with Crippen molar-refractivity contribution in [3.8, 4) is 0 Å². The summed E-state index contributed by atoms with van der Waals surface area (Å²) in [5, 5.41) is 3.91. The minimum atomic E-state index is 0.0679. The molecule has 3 heterocycles. The van der Waals surface area contributed by atoms with Gasteiger partial charge in [-0.15, -0.1) is 0 Å². The molecule has 2 aromatic heterocycles. The van der Waals surface area contributed by atoms with Crippen molar-refractivity contribution < 1.29 is 13.7 Å². The van der Waals surface area contributed by atoms with Gasteiger partial charge in [0.2, 0.25) is 0 Å². The van der Waals surface area contributed by atoms with E-state index in [1.54, 1.807) is 0 Å². The number of aromatic nitrogens is 1. The van der Waals surface area contributed by atoms with Crippen molar-refractivity contribution >= 4 is 5.91 Å². The molecule has 1 saturated heterocycles. The van der Waals surface area contributed by atoms with E-state index in [2.05, 4.69) is 23.9 Å². The van der Waals surface area contributed by atoms with E-state index in [9.17, 15) is 4.79 Å². The highest BCUT2D eigenvalue weighted by atomic mass is 16.5. The summed E-state index contributed by atoms with van der Waals surface area (Å²) in [6.45, 7) is 11.8. The Balaban J connectivity index is 1.59. The molecule has 0 spiro atoms. The topological polar surface area (TPSA) is 62.7 Å². The predicted octanol–water partition coefficient (Wildman–Crippen LogP) is 2.97. The second-order valence-corrected chi connectivity index (χ2v) is 6.78. The average molecular weight is 331 g/mol. The summed E-state index contributed by atoms with van der Waals surface area (Å²) in [6, 6.07) is 3.85. The van der Waals surface area contributed by atoms with Crippen LogP contribution in [-0.4, -0.2) is 47.0 Å². The summed E-state index contributed by atoms with van der Waals surface area (Å²) in [5.74, 6) is 2.81. The normalized spacial score (nSPS) is 16.1. The molecule has 0 N–H and O–H groups in total. The fourth-order valence-corrected chi connectivity index (χ4v) is 2.99.